The molecule has 0 saturated carbocycles. The van der Waals surface area contributed by atoms with Gasteiger partial charge in [0.15, 0.2) is 0 Å². The highest BCUT2D eigenvalue weighted by Crippen LogP contribution is 2.15. The molecule has 0 atom stereocenters. The predicted molar refractivity (Wildman–Crippen MR) is 95.3 cm³/mol. The molecule has 5 nitrogen and oxygen atoms in total. The van der Waals surface area contributed by atoms with Gasteiger partial charge >= 0.3 is 0 Å². The zero-order valence-electron chi connectivity index (χ0n) is 14.6. The maximum atomic E-state index is 5.17. The lowest BCUT2D eigenvalue weighted by atomic mass is 10.1. The summed E-state index contributed by atoms with van der Waals surface area (Å²) in [6.07, 6.45) is 0.926. The molecule has 1 aromatic carbocycles. The molecule has 0 aliphatic rings. The van der Waals surface area contributed by atoms with E-state index < -0.39 is 0 Å². The third-order valence-corrected chi connectivity index (χ3v) is 3.22. The van der Waals surface area contributed by atoms with Crippen molar-refractivity contribution in [1.29, 1.82) is 0 Å². The van der Waals surface area contributed by atoms with Crippen LogP contribution in [0.4, 0.5) is 11.8 Å². The zero-order chi connectivity index (χ0) is 16.9. The molecule has 0 unspecified atom stereocenters. The zero-order valence-corrected chi connectivity index (χ0v) is 14.6. The number of hydrogen-bond donors (Lipinski definition) is 2. The summed E-state index contributed by atoms with van der Waals surface area (Å²) in [6, 6.07) is 10.1. The molecule has 0 aliphatic heterocycles. The first-order chi connectivity index (χ1) is 10.9. The average Bonchev–Trinajstić information content (AvgIpc) is 2.45. The van der Waals surface area contributed by atoms with Gasteiger partial charge in [0.25, 0.3) is 0 Å². The first-order valence-electron chi connectivity index (χ1n) is 7.86. The highest BCUT2D eigenvalue weighted by molar-refractivity contribution is 5.43. The molecule has 1 aromatic heterocycles. The largest absolute Gasteiger partial charge is 0.497 e. The number of benzene rings is 1. The number of hydrogen-bond acceptors (Lipinski definition) is 5. The molecule has 0 aliphatic carbocycles. The minimum absolute atomic E-state index is 0.0614. The number of nitrogens with one attached hydrogen (secondary N) is 2. The molecular weight excluding hydrogens is 288 g/mol. The van der Waals surface area contributed by atoms with Crippen LogP contribution < -0.4 is 15.4 Å². The second-order valence-electron chi connectivity index (χ2n) is 6.62. The van der Waals surface area contributed by atoms with E-state index in [9.17, 15) is 0 Å². The van der Waals surface area contributed by atoms with Crippen LogP contribution in [0.2, 0.25) is 0 Å². The van der Waals surface area contributed by atoms with E-state index in [2.05, 4.69) is 53.5 Å². The number of nitrogens with zero attached hydrogens (tertiary/aromatic N) is 2. The van der Waals surface area contributed by atoms with Crippen LogP contribution in [0.15, 0.2) is 30.3 Å². The number of aromatic nitrogens is 2. The number of methoxy groups -OCH3 is 1. The maximum absolute atomic E-state index is 5.17. The molecule has 0 spiro atoms. The lowest BCUT2D eigenvalue weighted by Gasteiger charge is -2.21. The number of ether oxygens (including phenoxy) is 1. The molecule has 0 radical (unpaired) electrons. The van der Waals surface area contributed by atoms with E-state index in [0.29, 0.717) is 5.95 Å². The normalized spacial score (nSPS) is 11.2. The van der Waals surface area contributed by atoms with Gasteiger partial charge in [-0.25, -0.2) is 4.98 Å². The molecule has 124 valence electrons. The van der Waals surface area contributed by atoms with Crippen molar-refractivity contribution in [1.82, 2.24) is 9.97 Å². The third kappa shape index (κ3) is 5.77. The Morgan fingerprint density at radius 1 is 1.09 bits per heavy atom. The van der Waals surface area contributed by atoms with Crippen molar-refractivity contribution in [3.05, 3.63) is 41.6 Å². The van der Waals surface area contributed by atoms with Crippen LogP contribution in [0.3, 0.4) is 0 Å². The summed E-state index contributed by atoms with van der Waals surface area (Å²) in [5.74, 6) is 2.38. The smallest absolute Gasteiger partial charge is 0.225 e. The van der Waals surface area contributed by atoms with Crippen LogP contribution in [-0.2, 0) is 6.42 Å². The molecule has 0 bridgehead atoms. The van der Waals surface area contributed by atoms with Crippen molar-refractivity contribution in [2.45, 2.75) is 39.7 Å². The van der Waals surface area contributed by atoms with Gasteiger partial charge in [0.2, 0.25) is 5.95 Å². The summed E-state index contributed by atoms with van der Waals surface area (Å²) in [6.45, 7) is 9.07. The Morgan fingerprint density at radius 2 is 1.78 bits per heavy atom. The Hall–Kier alpha value is -2.30. The van der Waals surface area contributed by atoms with Gasteiger partial charge in [0.05, 0.1) is 7.11 Å². The van der Waals surface area contributed by atoms with Gasteiger partial charge in [-0.3, -0.25) is 0 Å². The van der Waals surface area contributed by atoms with Gasteiger partial charge in [-0.15, -0.1) is 0 Å². The van der Waals surface area contributed by atoms with E-state index in [1.807, 2.05) is 25.1 Å². The van der Waals surface area contributed by atoms with Crippen LogP contribution in [0.5, 0.6) is 5.75 Å². The molecule has 23 heavy (non-hydrogen) atoms. The van der Waals surface area contributed by atoms with Gasteiger partial charge < -0.3 is 15.4 Å². The highest BCUT2D eigenvalue weighted by atomic mass is 16.5. The van der Waals surface area contributed by atoms with Crippen molar-refractivity contribution in [2.75, 3.05) is 24.3 Å². The van der Waals surface area contributed by atoms with E-state index in [-0.39, 0.29) is 5.54 Å². The molecule has 0 fully saturated rings. The quantitative estimate of drug-likeness (QED) is 0.852. The second kappa shape index (κ2) is 7.31. The summed E-state index contributed by atoms with van der Waals surface area (Å²) in [5.41, 5.74) is 2.14. The van der Waals surface area contributed by atoms with Crippen molar-refractivity contribution < 1.29 is 4.74 Å². The Kier molecular flexibility index (Phi) is 5.42. The average molecular weight is 314 g/mol. The molecule has 5 heteroatoms. The summed E-state index contributed by atoms with van der Waals surface area (Å²) in [5, 5.41) is 6.67. The van der Waals surface area contributed by atoms with E-state index in [0.717, 1.165) is 30.2 Å². The van der Waals surface area contributed by atoms with Crippen LogP contribution in [-0.4, -0.2) is 29.2 Å². The summed E-state index contributed by atoms with van der Waals surface area (Å²) in [4.78, 5) is 8.95. The van der Waals surface area contributed by atoms with Crippen LogP contribution in [0.25, 0.3) is 0 Å². The Morgan fingerprint density at radius 3 is 2.39 bits per heavy atom. The van der Waals surface area contributed by atoms with Gasteiger partial charge in [0.1, 0.15) is 11.6 Å². The first kappa shape index (κ1) is 17.1. The predicted octanol–water partition coefficient (Wildman–Crippen LogP) is 3.66. The molecular formula is C18H26N4O. The van der Waals surface area contributed by atoms with Crippen LogP contribution >= 0.6 is 0 Å². The summed E-state index contributed by atoms with van der Waals surface area (Å²) < 4.78 is 5.17. The Bertz CT molecular complexity index is 632. The van der Waals surface area contributed by atoms with Crippen molar-refractivity contribution in [2.24, 2.45) is 0 Å². The molecule has 0 amide bonds. The number of anilines is 2. The lowest BCUT2D eigenvalue weighted by Crippen LogP contribution is -2.27. The van der Waals surface area contributed by atoms with E-state index >= 15 is 0 Å². The van der Waals surface area contributed by atoms with Gasteiger partial charge in [-0.05, 0) is 51.8 Å². The highest BCUT2D eigenvalue weighted by Gasteiger charge is 2.12. The fraction of sp³-hybridized carbons (Fsp3) is 0.444. The summed E-state index contributed by atoms with van der Waals surface area (Å²) in [7, 11) is 1.68. The standard InChI is InChI=1S/C18H26N4O/c1-13-12-16(21-17(20-13)22-18(2,3)4)19-11-10-14-6-8-15(23-5)9-7-14/h6-9,12H,10-11H2,1-5H3,(H2,19,20,21,22). The van der Waals surface area contributed by atoms with E-state index in [1.165, 1.54) is 5.56 Å². The second-order valence-corrected chi connectivity index (χ2v) is 6.62. The molecule has 2 rings (SSSR count). The lowest BCUT2D eigenvalue weighted by molar-refractivity contribution is 0.414. The SMILES string of the molecule is COc1ccc(CCNc2cc(C)nc(NC(C)(C)C)n2)cc1. The number of rotatable bonds is 6. The Balaban J connectivity index is 1.94. The van der Waals surface area contributed by atoms with Crippen molar-refractivity contribution >= 4 is 11.8 Å². The molecule has 1 heterocycles. The first-order valence-corrected chi connectivity index (χ1v) is 7.86. The Labute approximate surface area is 138 Å². The van der Waals surface area contributed by atoms with Gasteiger partial charge in [0, 0.05) is 23.8 Å². The van der Waals surface area contributed by atoms with E-state index in [4.69, 9.17) is 4.74 Å². The van der Waals surface area contributed by atoms with E-state index in [1.54, 1.807) is 7.11 Å². The summed E-state index contributed by atoms with van der Waals surface area (Å²) >= 11 is 0. The van der Waals surface area contributed by atoms with Gasteiger partial charge in [-0.2, -0.15) is 4.98 Å². The minimum atomic E-state index is -0.0614. The third-order valence-electron chi connectivity index (χ3n) is 3.22. The minimum Gasteiger partial charge on any atom is -0.497 e. The molecule has 0 saturated heterocycles. The van der Waals surface area contributed by atoms with Crippen LogP contribution in [0, 0.1) is 6.92 Å². The van der Waals surface area contributed by atoms with Crippen molar-refractivity contribution in [3.63, 3.8) is 0 Å². The molecule has 2 N–H and O–H groups in total. The maximum Gasteiger partial charge on any atom is 0.225 e. The number of aryl methyl sites for hydroxylation is 1. The van der Waals surface area contributed by atoms with Gasteiger partial charge in [-0.1, -0.05) is 12.1 Å². The monoisotopic (exact) mass is 314 g/mol. The van der Waals surface area contributed by atoms with Crippen molar-refractivity contribution in [3.8, 4) is 5.75 Å². The topological polar surface area (TPSA) is 59.1 Å². The fourth-order valence-electron chi connectivity index (χ4n) is 2.18. The molecule has 2 aromatic rings. The fourth-order valence-corrected chi connectivity index (χ4v) is 2.18. The van der Waals surface area contributed by atoms with Crippen LogP contribution in [0.1, 0.15) is 32.0 Å².